The predicted octanol–water partition coefficient (Wildman–Crippen LogP) is 2.80. The van der Waals surface area contributed by atoms with Gasteiger partial charge in [-0.2, -0.15) is 13.2 Å². The zero-order valence-corrected chi connectivity index (χ0v) is 13.9. The molecule has 0 spiro atoms. The van der Waals surface area contributed by atoms with Crippen LogP contribution >= 0.6 is 0 Å². The quantitative estimate of drug-likeness (QED) is 0.607. The third-order valence-corrected chi connectivity index (χ3v) is 3.98. The molecule has 0 radical (unpaired) electrons. The van der Waals surface area contributed by atoms with Gasteiger partial charge in [-0.05, 0) is 19.1 Å². The zero-order chi connectivity index (χ0) is 19.1. The number of anilines is 1. The SMILES string of the molecule is CCOC(=O)c1cc2cc(F)c(N3CC(OC)C3)nc2nc1C(F)(F)F. The lowest BCUT2D eigenvalue weighted by Crippen LogP contribution is -2.52. The molecule has 3 heterocycles. The van der Waals surface area contributed by atoms with Crippen LogP contribution in [0.2, 0.25) is 0 Å². The lowest BCUT2D eigenvalue weighted by atomic mass is 10.1. The van der Waals surface area contributed by atoms with Crippen molar-refractivity contribution in [2.75, 3.05) is 31.7 Å². The van der Waals surface area contributed by atoms with E-state index >= 15 is 0 Å². The maximum Gasteiger partial charge on any atom is 0.434 e. The van der Waals surface area contributed by atoms with Crippen molar-refractivity contribution in [3.8, 4) is 0 Å². The van der Waals surface area contributed by atoms with Gasteiger partial charge < -0.3 is 14.4 Å². The normalized spacial score (nSPS) is 15.2. The Kier molecular flexibility index (Phi) is 4.70. The van der Waals surface area contributed by atoms with Gasteiger partial charge in [-0.25, -0.2) is 19.2 Å². The molecule has 3 rings (SSSR count). The molecule has 0 aliphatic carbocycles. The molecule has 10 heteroatoms. The molecule has 2 aromatic heterocycles. The maximum absolute atomic E-state index is 14.3. The van der Waals surface area contributed by atoms with E-state index in [4.69, 9.17) is 4.74 Å². The van der Waals surface area contributed by atoms with Gasteiger partial charge in [0.2, 0.25) is 0 Å². The molecule has 0 bridgehead atoms. The Morgan fingerprint density at radius 3 is 2.58 bits per heavy atom. The van der Waals surface area contributed by atoms with Gasteiger partial charge in [-0.15, -0.1) is 0 Å². The Balaban J connectivity index is 2.10. The van der Waals surface area contributed by atoms with Crippen LogP contribution in [0.15, 0.2) is 12.1 Å². The summed E-state index contributed by atoms with van der Waals surface area (Å²) in [4.78, 5) is 20.8. The number of carbonyl (C=O) groups excluding carboxylic acids is 1. The van der Waals surface area contributed by atoms with Crippen LogP contribution in [0.4, 0.5) is 23.4 Å². The molecule has 0 aromatic carbocycles. The molecule has 0 atom stereocenters. The largest absolute Gasteiger partial charge is 0.462 e. The van der Waals surface area contributed by atoms with Crippen molar-refractivity contribution < 1.29 is 31.8 Å². The lowest BCUT2D eigenvalue weighted by Gasteiger charge is -2.39. The standard InChI is InChI=1S/C16H15F4N3O3/c1-3-26-15(24)10-4-8-5-11(17)14(23-6-9(7-23)25-2)22-13(8)21-12(10)16(18,19)20/h4-5,9H,3,6-7H2,1-2H3. The number of carbonyl (C=O) groups is 1. The van der Waals surface area contributed by atoms with Crippen molar-refractivity contribution >= 4 is 22.8 Å². The van der Waals surface area contributed by atoms with E-state index in [1.54, 1.807) is 0 Å². The van der Waals surface area contributed by atoms with Crippen molar-refractivity contribution in [1.29, 1.82) is 0 Å². The maximum atomic E-state index is 14.3. The number of hydrogen-bond donors (Lipinski definition) is 0. The van der Waals surface area contributed by atoms with Crippen molar-refractivity contribution in [3.63, 3.8) is 0 Å². The molecule has 1 aliphatic heterocycles. The number of methoxy groups -OCH3 is 1. The number of alkyl halides is 3. The second-order valence-corrected chi connectivity index (χ2v) is 5.71. The number of hydrogen-bond acceptors (Lipinski definition) is 6. The third-order valence-electron chi connectivity index (χ3n) is 3.98. The average Bonchev–Trinajstić information content (AvgIpc) is 2.52. The van der Waals surface area contributed by atoms with Crippen LogP contribution in [0.5, 0.6) is 0 Å². The fourth-order valence-corrected chi connectivity index (χ4v) is 2.63. The molecule has 26 heavy (non-hydrogen) atoms. The van der Waals surface area contributed by atoms with Crippen molar-refractivity contribution in [3.05, 3.63) is 29.2 Å². The molecular formula is C16H15F4N3O3. The van der Waals surface area contributed by atoms with Gasteiger partial charge in [0.1, 0.15) is 0 Å². The highest BCUT2D eigenvalue weighted by Crippen LogP contribution is 2.34. The van der Waals surface area contributed by atoms with E-state index in [9.17, 15) is 22.4 Å². The Morgan fingerprint density at radius 1 is 1.31 bits per heavy atom. The molecule has 1 fully saturated rings. The number of esters is 1. The van der Waals surface area contributed by atoms with Crippen LogP contribution < -0.4 is 4.90 Å². The first-order valence-electron chi connectivity index (χ1n) is 7.78. The number of ether oxygens (including phenoxy) is 2. The minimum atomic E-state index is -4.88. The fraction of sp³-hybridized carbons (Fsp3) is 0.438. The number of rotatable bonds is 4. The number of halogens is 4. The first-order valence-corrected chi connectivity index (χ1v) is 7.78. The molecule has 1 aliphatic rings. The van der Waals surface area contributed by atoms with Crippen molar-refractivity contribution in [2.45, 2.75) is 19.2 Å². The van der Waals surface area contributed by atoms with Crippen LogP contribution in [0.3, 0.4) is 0 Å². The third kappa shape index (κ3) is 3.28. The summed E-state index contributed by atoms with van der Waals surface area (Å²) in [6.07, 6.45) is -4.97. The van der Waals surface area contributed by atoms with Crippen molar-refractivity contribution in [1.82, 2.24) is 9.97 Å². The topological polar surface area (TPSA) is 64.5 Å². The summed E-state index contributed by atoms with van der Waals surface area (Å²) in [5.74, 6) is -2.00. The second kappa shape index (κ2) is 6.67. The second-order valence-electron chi connectivity index (χ2n) is 5.71. The van der Waals surface area contributed by atoms with E-state index < -0.39 is 29.2 Å². The molecular weight excluding hydrogens is 358 g/mol. The minimum Gasteiger partial charge on any atom is -0.462 e. The Hall–Kier alpha value is -2.49. The Labute approximate surface area is 145 Å². The Morgan fingerprint density at radius 2 is 2.00 bits per heavy atom. The minimum absolute atomic E-state index is 0.0221. The molecule has 0 unspecified atom stereocenters. The van der Waals surface area contributed by atoms with Gasteiger partial charge in [-0.1, -0.05) is 0 Å². The molecule has 140 valence electrons. The predicted molar refractivity (Wildman–Crippen MR) is 83.5 cm³/mol. The number of nitrogens with zero attached hydrogens (tertiary/aromatic N) is 3. The molecule has 6 nitrogen and oxygen atoms in total. The summed E-state index contributed by atoms with van der Waals surface area (Å²) >= 11 is 0. The van der Waals surface area contributed by atoms with Crippen LogP contribution in [-0.4, -0.2) is 48.8 Å². The highest BCUT2D eigenvalue weighted by molar-refractivity contribution is 5.95. The fourth-order valence-electron chi connectivity index (χ4n) is 2.63. The summed E-state index contributed by atoms with van der Waals surface area (Å²) in [6, 6.07) is 1.91. The smallest absolute Gasteiger partial charge is 0.434 e. The van der Waals surface area contributed by atoms with Gasteiger partial charge >= 0.3 is 12.1 Å². The van der Waals surface area contributed by atoms with E-state index in [1.807, 2.05) is 0 Å². The summed E-state index contributed by atoms with van der Waals surface area (Å²) in [7, 11) is 1.51. The van der Waals surface area contributed by atoms with E-state index in [0.717, 1.165) is 12.1 Å². The number of aromatic nitrogens is 2. The molecule has 1 saturated heterocycles. The summed E-state index contributed by atoms with van der Waals surface area (Å²) in [5.41, 5.74) is -2.49. The number of pyridine rings is 2. The van der Waals surface area contributed by atoms with Crippen LogP contribution in [0, 0.1) is 5.82 Å². The molecule has 2 aromatic rings. The van der Waals surface area contributed by atoms with Crippen molar-refractivity contribution in [2.24, 2.45) is 0 Å². The summed E-state index contributed by atoms with van der Waals surface area (Å²) < 4.78 is 63.9. The average molecular weight is 373 g/mol. The van der Waals surface area contributed by atoms with Gasteiger partial charge in [-0.3, -0.25) is 0 Å². The van der Waals surface area contributed by atoms with Crippen LogP contribution in [0.1, 0.15) is 23.0 Å². The summed E-state index contributed by atoms with van der Waals surface area (Å²) in [5, 5.41) is -0.0221. The molecule has 0 saturated carbocycles. The Bertz CT molecular complexity index is 851. The highest BCUT2D eigenvalue weighted by atomic mass is 19.4. The van der Waals surface area contributed by atoms with Crippen LogP contribution in [0.25, 0.3) is 11.0 Å². The van der Waals surface area contributed by atoms with E-state index in [-0.39, 0.29) is 29.6 Å². The van der Waals surface area contributed by atoms with Crippen LogP contribution in [-0.2, 0) is 15.7 Å². The first-order chi connectivity index (χ1) is 12.2. The number of fused-ring (bicyclic) bond motifs is 1. The summed E-state index contributed by atoms with van der Waals surface area (Å²) in [6.45, 7) is 2.11. The molecule has 0 amide bonds. The van der Waals surface area contributed by atoms with Gasteiger partial charge in [0.15, 0.2) is 23.0 Å². The molecule has 0 N–H and O–H groups in total. The first kappa shape index (κ1) is 18.3. The monoisotopic (exact) mass is 373 g/mol. The highest BCUT2D eigenvalue weighted by Gasteiger charge is 2.39. The van der Waals surface area contributed by atoms with Gasteiger partial charge in [0, 0.05) is 25.6 Å². The van der Waals surface area contributed by atoms with Gasteiger partial charge in [0.05, 0.1) is 18.3 Å². The van der Waals surface area contributed by atoms with Gasteiger partial charge in [0.25, 0.3) is 0 Å². The lowest BCUT2D eigenvalue weighted by molar-refractivity contribution is -0.141. The van der Waals surface area contributed by atoms with E-state index in [1.165, 1.54) is 18.9 Å². The zero-order valence-electron chi connectivity index (χ0n) is 13.9. The van der Waals surface area contributed by atoms with E-state index in [0.29, 0.717) is 13.1 Å². The van der Waals surface area contributed by atoms with E-state index in [2.05, 4.69) is 14.7 Å².